The molecule has 0 spiro atoms. The van der Waals surface area contributed by atoms with Gasteiger partial charge in [0.25, 0.3) is 0 Å². The van der Waals surface area contributed by atoms with Crippen LogP contribution in [0, 0.1) is 15.9 Å². The van der Waals surface area contributed by atoms with Gasteiger partial charge in [-0.25, -0.2) is 9.59 Å². The first kappa shape index (κ1) is 17.6. The number of benzene rings is 1. The number of anilines is 1. The van der Waals surface area contributed by atoms with Crippen LogP contribution in [0.2, 0.25) is 0 Å². The first-order valence-electron chi connectivity index (χ1n) is 5.58. The van der Waals surface area contributed by atoms with E-state index < -0.39 is 28.4 Å². The van der Waals surface area contributed by atoms with Crippen LogP contribution in [0.4, 0.5) is 15.8 Å². The smallest absolute Gasteiger partial charge is 0.354 e. The monoisotopic (exact) mass is 376 g/mol. The maximum absolute atomic E-state index is 13.4. The minimum atomic E-state index is -1.06. The van der Waals surface area contributed by atoms with Crippen molar-refractivity contribution >= 4 is 39.2 Å². The van der Waals surface area contributed by atoms with Gasteiger partial charge in [0.15, 0.2) is 0 Å². The third-order valence-electron chi connectivity index (χ3n) is 2.37. The fraction of sp³-hybridized carbons (Fsp3) is 0.167. The summed E-state index contributed by atoms with van der Waals surface area (Å²) in [6.45, 7) is 0. The van der Waals surface area contributed by atoms with Crippen LogP contribution in [0.1, 0.15) is 0 Å². The van der Waals surface area contributed by atoms with Crippen LogP contribution in [-0.4, -0.2) is 31.1 Å². The van der Waals surface area contributed by atoms with E-state index in [0.717, 1.165) is 32.4 Å². The molecule has 1 aromatic carbocycles. The molecule has 1 aromatic rings. The molecule has 0 amide bonds. The van der Waals surface area contributed by atoms with E-state index in [0.29, 0.717) is 0 Å². The van der Waals surface area contributed by atoms with Crippen LogP contribution in [-0.2, 0) is 19.1 Å². The number of carbonyl (C=O) groups excluding carboxylic acids is 2. The van der Waals surface area contributed by atoms with E-state index in [-0.39, 0.29) is 15.9 Å². The summed E-state index contributed by atoms with van der Waals surface area (Å²) in [6.07, 6.45) is 0.799. The molecule has 0 fully saturated rings. The molecule has 0 bridgehead atoms. The highest BCUT2D eigenvalue weighted by atomic mass is 79.9. The van der Waals surface area contributed by atoms with Gasteiger partial charge in [0.1, 0.15) is 5.70 Å². The van der Waals surface area contributed by atoms with E-state index >= 15 is 0 Å². The molecular weight excluding hydrogens is 367 g/mol. The van der Waals surface area contributed by atoms with E-state index in [2.05, 4.69) is 30.7 Å². The van der Waals surface area contributed by atoms with E-state index in [1.165, 1.54) is 0 Å². The van der Waals surface area contributed by atoms with Gasteiger partial charge < -0.3 is 14.8 Å². The Morgan fingerprint density at radius 3 is 2.50 bits per heavy atom. The standard InChI is InChI=1S/C12H10BrFN2O6/c1-21-11(17)5-9(12(18)22-2)15-8-4-10(16(19)20)7(14)3-6(8)13/h3-5,15H,1-2H3/b9-5+. The molecule has 118 valence electrons. The van der Waals surface area contributed by atoms with Crippen molar-refractivity contribution in [1.29, 1.82) is 0 Å². The van der Waals surface area contributed by atoms with Gasteiger partial charge in [0.05, 0.1) is 30.9 Å². The SMILES string of the molecule is COC(=O)/C=C(/Nc1cc([N+](=O)[O-])c(F)cc1Br)C(=O)OC. The van der Waals surface area contributed by atoms with Gasteiger partial charge >= 0.3 is 17.6 Å². The Bertz CT molecular complexity index is 661. The van der Waals surface area contributed by atoms with Crippen molar-refractivity contribution in [3.05, 3.63) is 44.3 Å². The summed E-state index contributed by atoms with van der Waals surface area (Å²) in [5.74, 6) is -2.82. The molecule has 0 saturated carbocycles. The summed E-state index contributed by atoms with van der Waals surface area (Å²) < 4.78 is 22.4. The number of hydrogen-bond donors (Lipinski definition) is 1. The van der Waals surface area contributed by atoms with Crippen molar-refractivity contribution in [1.82, 2.24) is 0 Å². The fourth-order valence-corrected chi connectivity index (χ4v) is 1.77. The average molecular weight is 377 g/mol. The molecule has 1 N–H and O–H groups in total. The van der Waals surface area contributed by atoms with E-state index in [4.69, 9.17) is 0 Å². The maximum Gasteiger partial charge on any atom is 0.354 e. The molecular formula is C12H10BrFN2O6. The quantitative estimate of drug-likeness (QED) is 0.363. The van der Waals surface area contributed by atoms with Crippen molar-refractivity contribution in [2.24, 2.45) is 0 Å². The van der Waals surface area contributed by atoms with Gasteiger partial charge in [-0.2, -0.15) is 4.39 Å². The second-order valence-corrected chi connectivity index (χ2v) is 4.59. The average Bonchev–Trinajstić information content (AvgIpc) is 2.47. The number of esters is 2. The molecule has 0 aromatic heterocycles. The number of nitrogens with zero attached hydrogens (tertiary/aromatic N) is 1. The zero-order valence-electron chi connectivity index (χ0n) is 11.4. The van der Waals surface area contributed by atoms with Gasteiger partial charge in [-0.15, -0.1) is 0 Å². The lowest BCUT2D eigenvalue weighted by Crippen LogP contribution is -2.16. The van der Waals surface area contributed by atoms with Crippen LogP contribution in [0.5, 0.6) is 0 Å². The third-order valence-corrected chi connectivity index (χ3v) is 3.03. The van der Waals surface area contributed by atoms with Crippen LogP contribution < -0.4 is 5.32 Å². The molecule has 22 heavy (non-hydrogen) atoms. The second kappa shape index (κ2) is 7.50. The maximum atomic E-state index is 13.4. The zero-order chi connectivity index (χ0) is 16.9. The Morgan fingerprint density at radius 2 is 2.00 bits per heavy atom. The lowest BCUT2D eigenvalue weighted by molar-refractivity contribution is -0.387. The summed E-state index contributed by atoms with van der Waals surface area (Å²) >= 11 is 2.99. The predicted octanol–water partition coefficient (Wildman–Crippen LogP) is 2.14. The Labute approximate surface area is 132 Å². The molecule has 0 aliphatic rings. The first-order chi connectivity index (χ1) is 10.3. The number of nitrogens with one attached hydrogen (secondary N) is 1. The van der Waals surface area contributed by atoms with Crippen LogP contribution in [0.25, 0.3) is 0 Å². The Hall–Kier alpha value is -2.49. The van der Waals surface area contributed by atoms with Crippen molar-refractivity contribution in [3.8, 4) is 0 Å². The summed E-state index contributed by atoms with van der Waals surface area (Å²) in [5, 5.41) is 13.2. The number of halogens is 2. The molecule has 8 nitrogen and oxygen atoms in total. The number of nitro groups is 1. The number of methoxy groups -OCH3 is 2. The Balaban J connectivity index is 3.26. The Kier molecular flexibility index (Phi) is 5.99. The van der Waals surface area contributed by atoms with Crippen molar-refractivity contribution in [2.45, 2.75) is 0 Å². The number of rotatable bonds is 5. The third kappa shape index (κ3) is 4.25. The van der Waals surface area contributed by atoms with Gasteiger partial charge in [0.2, 0.25) is 5.82 Å². The number of hydrogen-bond acceptors (Lipinski definition) is 7. The highest BCUT2D eigenvalue weighted by Crippen LogP contribution is 2.31. The zero-order valence-corrected chi connectivity index (χ0v) is 13.0. The summed E-state index contributed by atoms with van der Waals surface area (Å²) in [5.41, 5.74) is -1.14. The second-order valence-electron chi connectivity index (χ2n) is 3.74. The fourth-order valence-electron chi connectivity index (χ4n) is 1.35. The molecule has 0 aliphatic carbocycles. The van der Waals surface area contributed by atoms with E-state index in [1.54, 1.807) is 0 Å². The van der Waals surface area contributed by atoms with E-state index in [9.17, 15) is 24.1 Å². The molecule has 0 heterocycles. The molecule has 0 atom stereocenters. The molecule has 0 aliphatic heterocycles. The molecule has 10 heteroatoms. The highest BCUT2D eigenvalue weighted by Gasteiger charge is 2.20. The van der Waals surface area contributed by atoms with Crippen LogP contribution in [0.15, 0.2) is 28.4 Å². The molecule has 1 rings (SSSR count). The largest absolute Gasteiger partial charge is 0.466 e. The minimum Gasteiger partial charge on any atom is -0.466 e. The predicted molar refractivity (Wildman–Crippen MR) is 76.5 cm³/mol. The van der Waals surface area contributed by atoms with Gasteiger partial charge in [0, 0.05) is 10.5 Å². The number of nitro benzene ring substituents is 1. The number of carbonyl (C=O) groups is 2. The van der Waals surface area contributed by atoms with E-state index in [1.807, 2.05) is 0 Å². The van der Waals surface area contributed by atoms with Crippen molar-refractivity contribution in [3.63, 3.8) is 0 Å². The minimum absolute atomic E-state index is 0.00588. The molecule has 0 unspecified atom stereocenters. The first-order valence-corrected chi connectivity index (χ1v) is 6.37. The van der Waals surface area contributed by atoms with Gasteiger partial charge in [-0.1, -0.05) is 0 Å². The molecule has 0 saturated heterocycles. The summed E-state index contributed by atoms with van der Waals surface area (Å²) in [7, 11) is 2.18. The van der Waals surface area contributed by atoms with Crippen LogP contribution >= 0.6 is 15.9 Å². The highest BCUT2D eigenvalue weighted by molar-refractivity contribution is 9.10. The topological polar surface area (TPSA) is 108 Å². The molecule has 0 radical (unpaired) electrons. The lowest BCUT2D eigenvalue weighted by atomic mass is 10.2. The van der Waals surface area contributed by atoms with Crippen LogP contribution in [0.3, 0.4) is 0 Å². The van der Waals surface area contributed by atoms with Crippen molar-refractivity contribution in [2.75, 3.05) is 19.5 Å². The summed E-state index contributed by atoms with van der Waals surface area (Å²) in [4.78, 5) is 32.6. The van der Waals surface area contributed by atoms with Crippen molar-refractivity contribution < 1.29 is 28.4 Å². The lowest BCUT2D eigenvalue weighted by Gasteiger charge is -2.11. The Morgan fingerprint density at radius 1 is 1.36 bits per heavy atom. The summed E-state index contributed by atoms with van der Waals surface area (Å²) in [6, 6.07) is 1.72. The normalized spacial score (nSPS) is 10.8. The van der Waals surface area contributed by atoms with Gasteiger partial charge in [-0.3, -0.25) is 10.1 Å². The number of ether oxygens (including phenoxy) is 2. The van der Waals surface area contributed by atoms with Gasteiger partial charge in [-0.05, 0) is 22.0 Å².